The summed E-state index contributed by atoms with van der Waals surface area (Å²) in [5.41, 5.74) is -0.260. The summed E-state index contributed by atoms with van der Waals surface area (Å²) in [6.07, 6.45) is 8.71. The number of ketones is 1. The predicted molar refractivity (Wildman–Crippen MR) is 50.8 cm³/mol. The maximum absolute atomic E-state index is 11.6. The average Bonchev–Trinajstić information content (AvgIpc) is 2.09. The van der Waals surface area contributed by atoms with Gasteiger partial charge in [-0.15, -0.1) is 0 Å². The lowest BCUT2D eigenvalue weighted by atomic mass is 9.71. The molecule has 1 aliphatic carbocycles. The molecule has 0 N–H and O–H groups in total. The van der Waals surface area contributed by atoms with Crippen LogP contribution in [0.25, 0.3) is 0 Å². The van der Waals surface area contributed by atoms with E-state index in [4.69, 9.17) is 0 Å². The second-order valence-corrected chi connectivity index (χ2v) is 3.59. The Balaban J connectivity index is 2.90. The molecule has 12 heavy (non-hydrogen) atoms. The number of hydrogen-bond acceptors (Lipinski definition) is 1. The third-order valence-electron chi connectivity index (χ3n) is 2.82. The molecule has 66 valence electrons. The van der Waals surface area contributed by atoms with Crippen LogP contribution in [0.1, 0.15) is 27.2 Å². The van der Waals surface area contributed by atoms with Crippen LogP contribution in [0.3, 0.4) is 0 Å². The summed E-state index contributed by atoms with van der Waals surface area (Å²) < 4.78 is 0. The van der Waals surface area contributed by atoms with Crippen LogP contribution < -0.4 is 0 Å². The zero-order valence-electron chi connectivity index (χ0n) is 8.00. The smallest absolute Gasteiger partial charge is 0.142 e. The summed E-state index contributed by atoms with van der Waals surface area (Å²) in [5.74, 6) is 0.658. The molecule has 2 unspecified atom stereocenters. The van der Waals surface area contributed by atoms with Gasteiger partial charge in [0.05, 0.1) is 5.41 Å². The fourth-order valence-electron chi connectivity index (χ4n) is 1.57. The first kappa shape index (κ1) is 9.24. The van der Waals surface area contributed by atoms with Crippen molar-refractivity contribution in [3.8, 4) is 0 Å². The second-order valence-electron chi connectivity index (χ2n) is 3.59. The lowest BCUT2D eigenvalue weighted by molar-refractivity contribution is -0.126. The minimum absolute atomic E-state index is 0.260. The van der Waals surface area contributed by atoms with E-state index in [1.54, 1.807) is 0 Å². The van der Waals surface area contributed by atoms with Gasteiger partial charge in [-0.1, -0.05) is 38.2 Å². The number of rotatable bonds is 2. The molecule has 1 rings (SSSR count). The van der Waals surface area contributed by atoms with E-state index in [0.29, 0.717) is 18.1 Å². The molecule has 0 fully saturated rings. The molecule has 1 aliphatic rings. The van der Waals surface area contributed by atoms with Crippen LogP contribution in [0.15, 0.2) is 24.3 Å². The van der Waals surface area contributed by atoms with E-state index in [1.165, 1.54) is 0 Å². The lowest BCUT2D eigenvalue weighted by Crippen LogP contribution is -2.32. The van der Waals surface area contributed by atoms with Gasteiger partial charge in [0.2, 0.25) is 0 Å². The lowest BCUT2D eigenvalue weighted by Gasteiger charge is -2.30. The van der Waals surface area contributed by atoms with Crippen molar-refractivity contribution in [3.63, 3.8) is 0 Å². The predicted octanol–water partition coefficient (Wildman–Crippen LogP) is 2.73. The van der Waals surface area contributed by atoms with E-state index in [-0.39, 0.29) is 5.41 Å². The van der Waals surface area contributed by atoms with Crippen LogP contribution in [0.2, 0.25) is 0 Å². The monoisotopic (exact) mass is 164 g/mol. The Morgan fingerprint density at radius 3 is 2.67 bits per heavy atom. The van der Waals surface area contributed by atoms with Crippen molar-refractivity contribution in [2.24, 2.45) is 11.3 Å². The average molecular weight is 164 g/mol. The maximum atomic E-state index is 11.6. The fourth-order valence-corrected chi connectivity index (χ4v) is 1.57. The summed E-state index contributed by atoms with van der Waals surface area (Å²) in [4.78, 5) is 11.6. The summed E-state index contributed by atoms with van der Waals surface area (Å²) in [7, 11) is 0. The summed E-state index contributed by atoms with van der Waals surface area (Å²) in [6, 6.07) is 0. The summed E-state index contributed by atoms with van der Waals surface area (Å²) in [6.45, 7) is 6.03. The summed E-state index contributed by atoms with van der Waals surface area (Å²) >= 11 is 0. The molecule has 0 saturated carbocycles. The highest BCUT2D eigenvalue weighted by molar-refractivity contribution is 5.87. The highest BCUT2D eigenvalue weighted by Crippen LogP contribution is 2.34. The summed E-state index contributed by atoms with van der Waals surface area (Å²) in [5, 5.41) is 0. The maximum Gasteiger partial charge on any atom is 0.142 e. The van der Waals surface area contributed by atoms with Crippen molar-refractivity contribution in [3.05, 3.63) is 24.3 Å². The standard InChI is InChI=1S/C11H16O/c1-4-10(12)11(3)8-6-5-7-9(11)2/h5-9H,4H2,1-3H3. The molecule has 1 nitrogen and oxygen atoms in total. The van der Waals surface area contributed by atoms with Gasteiger partial charge < -0.3 is 0 Å². The molecule has 0 saturated heterocycles. The molecule has 2 atom stereocenters. The van der Waals surface area contributed by atoms with Gasteiger partial charge in [-0.05, 0) is 12.8 Å². The molecule has 0 aromatic rings. The molecule has 1 heteroatoms. The van der Waals surface area contributed by atoms with Gasteiger partial charge in [0.25, 0.3) is 0 Å². The van der Waals surface area contributed by atoms with Crippen LogP contribution in [-0.4, -0.2) is 5.78 Å². The molecule has 0 aromatic carbocycles. The topological polar surface area (TPSA) is 17.1 Å². The molecule has 0 radical (unpaired) electrons. The van der Waals surface area contributed by atoms with Crippen LogP contribution >= 0.6 is 0 Å². The number of hydrogen-bond donors (Lipinski definition) is 0. The molecule has 0 heterocycles. The van der Waals surface area contributed by atoms with E-state index in [1.807, 2.05) is 32.1 Å². The molecular formula is C11H16O. The Hall–Kier alpha value is -0.850. The van der Waals surface area contributed by atoms with Gasteiger partial charge in [-0.2, -0.15) is 0 Å². The quantitative estimate of drug-likeness (QED) is 0.613. The SMILES string of the molecule is CCC(=O)C1(C)C=CC=CC1C. The van der Waals surface area contributed by atoms with Gasteiger partial charge in [0, 0.05) is 6.42 Å². The van der Waals surface area contributed by atoms with E-state index < -0.39 is 0 Å². The zero-order chi connectivity index (χ0) is 9.19. The van der Waals surface area contributed by atoms with Gasteiger partial charge in [0.1, 0.15) is 5.78 Å². The van der Waals surface area contributed by atoms with Crippen molar-refractivity contribution in [1.29, 1.82) is 0 Å². The minimum atomic E-state index is -0.260. The molecule has 0 aliphatic heterocycles. The first-order valence-electron chi connectivity index (χ1n) is 4.50. The Bertz CT molecular complexity index is 237. The van der Waals surface area contributed by atoms with Gasteiger partial charge >= 0.3 is 0 Å². The Labute approximate surface area is 74.2 Å². The number of Topliss-reactive ketones (excluding diaryl/α,β-unsaturated/α-hetero) is 1. The number of carbonyl (C=O) groups is 1. The molecular weight excluding hydrogens is 148 g/mol. The van der Waals surface area contributed by atoms with Crippen LogP contribution in [-0.2, 0) is 4.79 Å². The van der Waals surface area contributed by atoms with Crippen LogP contribution in [0.5, 0.6) is 0 Å². The number of allylic oxidation sites excluding steroid dienone is 4. The van der Waals surface area contributed by atoms with Crippen molar-refractivity contribution < 1.29 is 4.79 Å². The van der Waals surface area contributed by atoms with Gasteiger partial charge in [-0.3, -0.25) is 4.79 Å². The minimum Gasteiger partial charge on any atom is -0.299 e. The highest BCUT2D eigenvalue weighted by atomic mass is 16.1. The first-order chi connectivity index (χ1) is 5.61. The molecule has 0 amide bonds. The first-order valence-corrected chi connectivity index (χ1v) is 4.50. The van der Waals surface area contributed by atoms with Crippen LogP contribution in [0.4, 0.5) is 0 Å². The van der Waals surface area contributed by atoms with E-state index >= 15 is 0 Å². The van der Waals surface area contributed by atoms with Crippen molar-refractivity contribution in [2.75, 3.05) is 0 Å². The van der Waals surface area contributed by atoms with Crippen molar-refractivity contribution in [2.45, 2.75) is 27.2 Å². The molecule has 0 aromatic heterocycles. The second kappa shape index (κ2) is 3.26. The third kappa shape index (κ3) is 1.36. The molecule has 0 bridgehead atoms. The normalized spacial score (nSPS) is 33.8. The molecule has 0 spiro atoms. The fraction of sp³-hybridized carbons (Fsp3) is 0.545. The largest absolute Gasteiger partial charge is 0.299 e. The highest BCUT2D eigenvalue weighted by Gasteiger charge is 2.34. The van der Waals surface area contributed by atoms with Crippen LogP contribution in [0, 0.1) is 11.3 Å². The van der Waals surface area contributed by atoms with Crippen molar-refractivity contribution in [1.82, 2.24) is 0 Å². The van der Waals surface area contributed by atoms with E-state index in [9.17, 15) is 4.79 Å². The van der Waals surface area contributed by atoms with Gasteiger partial charge in [-0.25, -0.2) is 0 Å². The zero-order valence-corrected chi connectivity index (χ0v) is 8.00. The Morgan fingerprint density at radius 1 is 1.50 bits per heavy atom. The number of carbonyl (C=O) groups excluding carboxylic acids is 1. The van der Waals surface area contributed by atoms with Gasteiger partial charge in [0.15, 0.2) is 0 Å². The van der Waals surface area contributed by atoms with E-state index in [2.05, 4.69) is 13.0 Å². The third-order valence-corrected chi connectivity index (χ3v) is 2.82. The van der Waals surface area contributed by atoms with Crippen molar-refractivity contribution >= 4 is 5.78 Å². The Morgan fingerprint density at radius 2 is 2.17 bits per heavy atom. The Kier molecular flexibility index (Phi) is 2.51. The van der Waals surface area contributed by atoms with E-state index in [0.717, 1.165) is 0 Å².